The first-order chi connectivity index (χ1) is 9.60. The van der Waals surface area contributed by atoms with E-state index >= 15 is 0 Å². The van der Waals surface area contributed by atoms with Gasteiger partial charge in [-0.3, -0.25) is 9.59 Å². The van der Waals surface area contributed by atoms with E-state index in [1.807, 2.05) is 12.1 Å². The third-order valence-electron chi connectivity index (χ3n) is 3.43. The topological polar surface area (TPSA) is 66.6 Å². The van der Waals surface area contributed by atoms with E-state index < -0.39 is 0 Å². The first kappa shape index (κ1) is 14.8. The van der Waals surface area contributed by atoms with Crippen LogP contribution in [-0.2, 0) is 16.0 Å². The Morgan fingerprint density at radius 1 is 1.00 bits per heavy atom. The molecule has 0 bridgehead atoms. The number of nitrogens with zero attached hydrogens (tertiary/aromatic N) is 2. The predicted octanol–water partition coefficient (Wildman–Crippen LogP) is 0.512. The molecule has 1 aromatic rings. The number of hydrogen-bond acceptors (Lipinski definition) is 3. The minimum absolute atomic E-state index is 0.0265. The van der Waals surface area contributed by atoms with Gasteiger partial charge in [0.2, 0.25) is 11.8 Å². The Kier molecular flexibility index (Phi) is 4.98. The summed E-state index contributed by atoms with van der Waals surface area (Å²) in [5.74, 6) is 0.0157. The molecule has 20 heavy (non-hydrogen) atoms. The summed E-state index contributed by atoms with van der Waals surface area (Å²) in [5.41, 5.74) is 6.27. The number of halogens is 1. The van der Waals surface area contributed by atoms with Crippen molar-refractivity contribution >= 4 is 23.4 Å². The van der Waals surface area contributed by atoms with Crippen molar-refractivity contribution in [3.05, 3.63) is 34.9 Å². The first-order valence-electron chi connectivity index (χ1n) is 6.60. The molecule has 5 nitrogen and oxygen atoms in total. The number of hydrogen-bond donors (Lipinski definition) is 1. The zero-order valence-corrected chi connectivity index (χ0v) is 12.0. The first-order valence-corrected chi connectivity index (χ1v) is 6.98. The maximum Gasteiger partial charge on any atom is 0.236 e. The van der Waals surface area contributed by atoms with E-state index in [9.17, 15) is 9.59 Å². The van der Waals surface area contributed by atoms with Gasteiger partial charge in [0.25, 0.3) is 0 Å². The summed E-state index contributed by atoms with van der Waals surface area (Å²) in [6, 6.07) is 7.27. The zero-order chi connectivity index (χ0) is 14.5. The van der Waals surface area contributed by atoms with Gasteiger partial charge in [-0.1, -0.05) is 23.7 Å². The van der Waals surface area contributed by atoms with Crippen molar-refractivity contribution in [1.82, 2.24) is 9.80 Å². The second-order valence-electron chi connectivity index (χ2n) is 4.77. The SMILES string of the molecule is NCC(=O)N1CCN(C(=O)Cc2ccc(Cl)cc2)CC1. The fraction of sp³-hybridized carbons (Fsp3) is 0.429. The van der Waals surface area contributed by atoms with E-state index in [0.29, 0.717) is 37.6 Å². The highest BCUT2D eigenvalue weighted by atomic mass is 35.5. The summed E-state index contributed by atoms with van der Waals surface area (Å²) in [7, 11) is 0. The number of piperazine rings is 1. The van der Waals surface area contributed by atoms with Crippen LogP contribution in [0.15, 0.2) is 24.3 Å². The fourth-order valence-electron chi connectivity index (χ4n) is 2.22. The van der Waals surface area contributed by atoms with E-state index in [1.54, 1.807) is 21.9 Å². The zero-order valence-electron chi connectivity index (χ0n) is 11.2. The summed E-state index contributed by atoms with van der Waals surface area (Å²) >= 11 is 5.81. The smallest absolute Gasteiger partial charge is 0.236 e. The quantitative estimate of drug-likeness (QED) is 0.884. The molecule has 0 atom stereocenters. The molecule has 2 amide bonds. The number of carbonyl (C=O) groups is 2. The number of rotatable bonds is 3. The molecule has 2 N–H and O–H groups in total. The number of amides is 2. The van der Waals surface area contributed by atoms with Gasteiger partial charge < -0.3 is 15.5 Å². The molecule has 0 unspecified atom stereocenters. The number of benzene rings is 1. The van der Waals surface area contributed by atoms with Crippen LogP contribution in [0.3, 0.4) is 0 Å². The second-order valence-corrected chi connectivity index (χ2v) is 5.21. The van der Waals surface area contributed by atoms with Gasteiger partial charge in [-0.15, -0.1) is 0 Å². The molecule has 1 aliphatic heterocycles. The molecule has 0 radical (unpaired) electrons. The molecule has 1 aliphatic rings. The number of nitrogens with two attached hydrogens (primary N) is 1. The third-order valence-corrected chi connectivity index (χ3v) is 3.68. The van der Waals surface area contributed by atoms with Gasteiger partial charge in [0, 0.05) is 31.2 Å². The molecule has 0 aromatic heterocycles. The maximum absolute atomic E-state index is 12.2. The lowest BCUT2D eigenvalue weighted by atomic mass is 10.1. The summed E-state index contributed by atoms with van der Waals surface area (Å²) in [6.07, 6.45) is 0.363. The average Bonchev–Trinajstić information content (AvgIpc) is 2.49. The Morgan fingerprint density at radius 2 is 1.50 bits per heavy atom. The molecule has 1 aromatic carbocycles. The average molecular weight is 296 g/mol. The number of carbonyl (C=O) groups excluding carboxylic acids is 2. The highest BCUT2D eigenvalue weighted by Gasteiger charge is 2.23. The monoisotopic (exact) mass is 295 g/mol. The third kappa shape index (κ3) is 3.71. The largest absolute Gasteiger partial charge is 0.339 e. The van der Waals surface area contributed by atoms with Gasteiger partial charge >= 0.3 is 0 Å². The van der Waals surface area contributed by atoms with Crippen molar-refractivity contribution < 1.29 is 9.59 Å². The highest BCUT2D eigenvalue weighted by molar-refractivity contribution is 6.30. The molecule has 2 rings (SSSR count). The normalized spacial score (nSPS) is 15.3. The summed E-state index contributed by atoms with van der Waals surface area (Å²) in [4.78, 5) is 27.1. The summed E-state index contributed by atoms with van der Waals surface area (Å²) in [6.45, 7) is 2.28. The molecule has 0 spiro atoms. The molecule has 108 valence electrons. The van der Waals surface area contributed by atoms with E-state index in [0.717, 1.165) is 5.56 Å². The van der Waals surface area contributed by atoms with Crippen LogP contribution in [0.2, 0.25) is 5.02 Å². The van der Waals surface area contributed by atoms with Crippen molar-refractivity contribution in [3.8, 4) is 0 Å². The van der Waals surface area contributed by atoms with E-state index in [2.05, 4.69) is 0 Å². The maximum atomic E-state index is 12.2. The van der Waals surface area contributed by atoms with Crippen molar-refractivity contribution in [2.75, 3.05) is 32.7 Å². The van der Waals surface area contributed by atoms with Gasteiger partial charge in [0.15, 0.2) is 0 Å². The summed E-state index contributed by atoms with van der Waals surface area (Å²) < 4.78 is 0. The van der Waals surface area contributed by atoms with Crippen molar-refractivity contribution in [2.45, 2.75) is 6.42 Å². The van der Waals surface area contributed by atoms with E-state index in [-0.39, 0.29) is 18.4 Å². The molecule has 6 heteroatoms. The molecular formula is C14H18ClN3O2. The minimum Gasteiger partial charge on any atom is -0.339 e. The Bertz CT molecular complexity index is 482. The molecule has 1 heterocycles. The Balaban J connectivity index is 1.85. The van der Waals surface area contributed by atoms with Crippen molar-refractivity contribution in [1.29, 1.82) is 0 Å². The highest BCUT2D eigenvalue weighted by Crippen LogP contribution is 2.11. The standard InChI is InChI=1S/C14H18ClN3O2/c15-12-3-1-11(2-4-12)9-13(19)17-5-7-18(8-6-17)14(20)10-16/h1-4H,5-10,16H2. The van der Waals surface area contributed by atoms with Crippen molar-refractivity contribution in [3.63, 3.8) is 0 Å². The second kappa shape index (κ2) is 6.72. The molecule has 0 saturated carbocycles. The predicted molar refractivity (Wildman–Crippen MR) is 77.4 cm³/mol. The lowest BCUT2D eigenvalue weighted by Gasteiger charge is -2.34. The van der Waals surface area contributed by atoms with Crippen LogP contribution < -0.4 is 5.73 Å². The van der Waals surface area contributed by atoms with Crippen LogP contribution in [0.5, 0.6) is 0 Å². The van der Waals surface area contributed by atoms with Gasteiger partial charge in [-0.05, 0) is 17.7 Å². The van der Waals surface area contributed by atoms with Crippen LogP contribution in [0, 0.1) is 0 Å². The minimum atomic E-state index is -0.0604. The molecule has 0 aliphatic carbocycles. The van der Waals surface area contributed by atoms with Crippen LogP contribution in [0.25, 0.3) is 0 Å². The van der Waals surface area contributed by atoms with Gasteiger partial charge in [0.1, 0.15) is 0 Å². The fourth-order valence-corrected chi connectivity index (χ4v) is 2.35. The lowest BCUT2D eigenvalue weighted by Crippen LogP contribution is -2.52. The lowest BCUT2D eigenvalue weighted by molar-refractivity contribution is -0.138. The molecule has 1 saturated heterocycles. The Hall–Kier alpha value is -1.59. The summed E-state index contributed by atoms with van der Waals surface area (Å²) in [5, 5.41) is 0.662. The van der Waals surface area contributed by atoms with E-state index in [1.165, 1.54) is 0 Å². The van der Waals surface area contributed by atoms with Crippen LogP contribution >= 0.6 is 11.6 Å². The van der Waals surface area contributed by atoms with E-state index in [4.69, 9.17) is 17.3 Å². The Labute approximate surface area is 123 Å². The van der Waals surface area contributed by atoms with Crippen LogP contribution in [-0.4, -0.2) is 54.3 Å². The van der Waals surface area contributed by atoms with Crippen molar-refractivity contribution in [2.24, 2.45) is 5.73 Å². The van der Waals surface area contributed by atoms with Gasteiger partial charge in [-0.2, -0.15) is 0 Å². The van der Waals surface area contributed by atoms with Gasteiger partial charge in [-0.25, -0.2) is 0 Å². The van der Waals surface area contributed by atoms with Crippen LogP contribution in [0.1, 0.15) is 5.56 Å². The van der Waals surface area contributed by atoms with Crippen LogP contribution in [0.4, 0.5) is 0 Å². The molecular weight excluding hydrogens is 278 g/mol. The molecule has 1 fully saturated rings. The Morgan fingerprint density at radius 3 is 2.00 bits per heavy atom. The van der Waals surface area contributed by atoms with Gasteiger partial charge in [0.05, 0.1) is 13.0 Å².